The van der Waals surface area contributed by atoms with Crippen molar-refractivity contribution < 1.29 is 9.59 Å². The minimum absolute atomic E-state index is 0.0113. The fourth-order valence-corrected chi connectivity index (χ4v) is 5.78. The van der Waals surface area contributed by atoms with Crippen molar-refractivity contribution in [2.75, 3.05) is 5.32 Å². The molecule has 7 heteroatoms. The molecular formula is C24H24N4O2S. The number of nitrogens with one attached hydrogen (secondary N) is 1. The van der Waals surface area contributed by atoms with Crippen LogP contribution in [0.5, 0.6) is 0 Å². The normalized spacial score (nSPS) is 19.5. The second kappa shape index (κ2) is 7.89. The second-order valence-electron chi connectivity index (χ2n) is 8.32. The minimum Gasteiger partial charge on any atom is -0.327 e. The van der Waals surface area contributed by atoms with Crippen molar-refractivity contribution >= 4 is 28.3 Å². The van der Waals surface area contributed by atoms with E-state index in [2.05, 4.69) is 15.5 Å². The first-order chi connectivity index (χ1) is 15.1. The van der Waals surface area contributed by atoms with Gasteiger partial charge in [0.2, 0.25) is 11.0 Å². The monoisotopic (exact) mass is 432 g/mol. The molecule has 2 aromatic carbocycles. The molecule has 1 aliphatic heterocycles. The van der Waals surface area contributed by atoms with Gasteiger partial charge < -0.3 is 4.90 Å². The lowest BCUT2D eigenvalue weighted by molar-refractivity contribution is -0.121. The van der Waals surface area contributed by atoms with Gasteiger partial charge in [-0.25, -0.2) is 0 Å². The van der Waals surface area contributed by atoms with Crippen LogP contribution in [0.15, 0.2) is 54.6 Å². The molecule has 1 fully saturated rings. The third-order valence-electron chi connectivity index (χ3n) is 6.49. The summed E-state index contributed by atoms with van der Waals surface area (Å²) in [6.45, 7) is 2.36. The number of nitrogens with zero attached hydrogens (tertiary/aromatic N) is 3. The van der Waals surface area contributed by atoms with E-state index in [0.29, 0.717) is 17.2 Å². The van der Waals surface area contributed by atoms with Crippen LogP contribution < -0.4 is 5.32 Å². The van der Waals surface area contributed by atoms with Gasteiger partial charge in [-0.2, -0.15) is 0 Å². The zero-order valence-electron chi connectivity index (χ0n) is 17.4. The number of aromatic nitrogens is 2. The molecule has 3 aromatic rings. The molecule has 1 aliphatic carbocycles. The van der Waals surface area contributed by atoms with E-state index in [1.807, 2.05) is 66.4 Å². The predicted octanol–water partition coefficient (Wildman–Crippen LogP) is 4.54. The molecule has 158 valence electrons. The van der Waals surface area contributed by atoms with Gasteiger partial charge in [0, 0.05) is 12.1 Å². The summed E-state index contributed by atoms with van der Waals surface area (Å²) >= 11 is 1.36. The van der Waals surface area contributed by atoms with Crippen LogP contribution in [0.2, 0.25) is 0 Å². The standard InChI is InChI=1S/C24H24N4O2S/c1-16-26-27-23(31-16)25-21(29)20-18-11-5-6-12-19(18)22(30)28(24(20)13-7-8-14-24)15-17-9-3-2-4-10-17/h2-6,9-12,20H,7-8,13-15H2,1H3,(H,25,27,29)/t20-/m1/s1. The molecule has 1 saturated carbocycles. The van der Waals surface area contributed by atoms with Crippen LogP contribution in [0.3, 0.4) is 0 Å². The maximum Gasteiger partial charge on any atom is 0.254 e. The van der Waals surface area contributed by atoms with Crippen LogP contribution in [-0.2, 0) is 11.3 Å². The first kappa shape index (κ1) is 19.9. The van der Waals surface area contributed by atoms with Crippen LogP contribution in [-0.4, -0.2) is 32.5 Å². The van der Waals surface area contributed by atoms with Gasteiger partial charge >= 0.3 is 0 Å². The quantitative estimate of drug-likeness (QED) is 0.657. The Balaban J connectivity index is 1.60. The summed E-state index contributed by atoms with van der Waals surface area (Å²) in [6.07, 6.45) is 3.63. The highest BCUT2D eigenvalue weighted by molar-refractivity contribution is 7.15. The first-order valence-corrected chi connectivity index (χ1v) is 11.5. The zero-order valence-corrected chi connectivity index (χ0v) is 18.2. The van der Waals surface area contributed by atoms with Gasteiger partial charge in [-0.15, -0.1) is 10.2 Å². The van der Waals surface area contributed by atoms with E-state index in [-0.39, 0.29) is 11.8 Å². The number of aryl methyl sites for hydroxylation is 1. The highest BCUT2D eigenvalue weighted by Gasteiger charge is 2.55. The minimum atomic E-state index is -0.537. The average molecular weight is 433 g/mol. The Bertz CT molecular complexity index is 1120. The number of carbonyl (C=O) groups excluding carboxylic acids is 2. The molecule has 2 heterocycles. The van der Waals surface area contributed by atoms with Crippen molar-refractivity contribution in [3.63, 3.8) is 0 Å². The molecule has 1 atom stereocenters. The number of benzene rings is 2. The summed E-state index contributed by atoms with van der Waals surface area (Å²) in [7, 11) is 0. The van der Waals surface area contributed by atoms with Crippen molar-refractivity contribution in [3.05, 3.63) is 76.3 Å². The Hall–Kier alpha value is -3.06. The molecule has 0 bridgehead atoms. The second-order valence-corrected chi connectivity index (χ2v) is 9.50. The zero-order chi connectivity index (χ0) is 21.4. The van der Waals surface area contributed by atoms with Crippen LogP contribution in [0.25, 0.3) is 0 Å². The van der Waals surface area contributed by atoms with Gasteiger partial charge in [0.1, 0.15) is 5.01 Å². The summed E-state index contributed by atoms with van der Waals surface area (Å²) in [5.41, 5.74) is 1.97. The third kappa shape index (κ3) is 3.43. The van der Waals surface area contributed by atoms with Gasteiger partial charge in [0.25, 0.3) is 5.91 Å². The van der Waals surface area contributed by atoms with Gasteiger partial charge in [-0.1, -0.05) is 72.7 Å². The first-order valence-electron chi connectivity index (χ1n) is 10.6. The molecule has 0 radical (unpaired) electrons. The summed E-state index contributed by atoms with van der Waals surface area (Å²) in [5, 5.41) is 12.4. The molecular weight excluding hydrogens is 408 g/mol. The van der Waals surface area contributed by atoms with Crippen LogP contribution in [0.1, 0.15) is 58.1 Å². The molecule has 0 saturated heterocycles. The predicted molar refractivity (Wildman–Crippen MR) is 120 cm³/mol. The van der Waals surface area contributed by atoms with Crippen molar-refractivity contribution in [2.24, 2.45) is 0 Å². The van der Waals surface area contributed by atoms with Crippen LogP contribution >= 0.6 is 11.3 Å². The molecule has 6 nitrogen and oxygen atoms in total. The van der Waals surface area contributed by atoms with Gasteiger partial charge in [0.15, 0.2) is 0 Å². The van der Waals surface area contributed by atoms with E-state index in [0.717, 1.165) is 41.8 Å². The lowest BCUT2D eigenvalue weighted by Gasteiger charge is -2.50. The largest absolute Gasteiger partial charge is 0.327 e. The Labute approximate surface area is 185 Å². The number of rotatable bonds is 4. The van der Waals surface area contributed by atoms with Crippen LogP contribution in [0, 0.1) is 6.92 Å². The van der Waals surface area contributed by atoms with Crippen molar-refractivity contribution in [3.8, 4) is 0 Å². The number of hydrogen-bond acceptors (Lipinski definition) is 5. The molecule has 1 spiro atoms. The summed E-state index contributed by atoms with van der Waals surface area (Å²) < 4.78 is 0. The lowest BCUT2D eigenvalue weighted by Crippen LogP contribution is -2.59. The van der Waals surface area contributed by atoms with E-state index in [1.54, 1.807) is 0 Å². The number of hydrogen-bond donors (Lipinski definition) is 1. The summed E-state index contributed by atoms with van der Waals surface area (Å²) in [6, 6.07) is 17.6. The van der Waals surface area contributed by atoms with E-state index >= 15 is 0 Å². The molecule has 2 aliphatic rings. The number of amides is 2. The molecule has 1 N–H and O–H groups in total. The summed E-state index contributed by atoms with van der Waals surface area (Å²) in [4.78, 5) is 29.3. The van der Waals surface area contributed by atoms with E-state index < -0.39 is 11.5 Å². The Kier molecular flexibility index (Phi) is 5.06. The number of anilines is 1. The highest BCUT2D eigenvalue weighted by Crippen LogP contribution is 2.51. The maximum atomic E-state index is 13.7. The molecule has 0 unspecified atom stereocenters. The van der Waals surface area contributed by atoms with Crippen molar-refractivity contribution in [2.45, 2.75) is 50.6 Å². The number of fused-ring (bicyclic) bond motifs is 1. The highest BCUT2D eigenvalue weighted by atomic mass is 32.1. The average Bonchev–Trinajstić information content (AvgIpc) is 3.42. The van der Waals surface area contributed by atoms with Gasteiger partial charge in [-0.3, -0.25) is 14.9 Å². The topological polar surface area (TPSA) is 75.2 Å². The smallest absolute Gasteiger partial charge is 0.254 e. The van der Waals surface area contributed by atoms with Crippen LogP contribution in [0.4, 0.5) is 5.13 Å². The van der Waals surface area contributed by atoms with E-state index in [1.165, 1.54) is 11.3 Å². The molecule has 1 aromatic heterocycles. The Morgan fingerprint density at radius 3 is 2.52 bits per heavy atom. The fraction of sp³-hybridized carbons (Fsp3) is 0.333. The Morgan fingerprint density at radius 1 is 1.10 bits per heavy atom. The Morgan fingerprint density at radius 2 is 1.81 bits per heavy atom. The fourth-order valence-electron chi connectivity index (χ4n) is 5.19. The lowest BCUT2D eigenvalue weighted by atomic mass is 9.71. The van der Waals surface area contributed by atoms with Crippen molar-refractivity contribution in [1.82, 2.24) is 15.1 Å². The SMILES string of the molecule is Cc1nnc(NC(=O)[C@H]2c3ccccc3C(=O)N(Cc3ccccc3)C23CCCC3)s1. The van der Waals surface area contributed by atoms with E-state index in [9.17, 15) is 9.59 Å². The third-order valence-corrected chi connectivity index (χ3v) is 7.25. The summed E-state index contributed by atoms with van der Waals surface area (Å²) in [5.74, 6) is -0.551. The van der Waals surface area contributed by atoms with Gasteiger partial charge in [-0.05, 0) is 37.0 Å². The maximum absolute atomic E-state index is 13.7. The molecule has 2 amide bonds. The van der Waals surface area contributed by atoms with Crippen molar-refractivity contribution in [1.29, 1.82) is 0 Å². The number of carbonyl (C=O) groups is 2. The molecule has 5 rings (SSSR count). The molecule has 31 heavy (non-hydrogen) atoms. The van der Waals surface area contributed by atoms with E-state index in [4.69, 9.17) is 0 Å². The van der Waals surface area contributed by atoms with Gasteiger partial charge in [0.05, 0.1) is 11.5 Å².